The number of benzene rings is 1. The summed E-state index contributed by atoms with van der Waals surface area (Å²) in [6, 6.07) is 14.4. The van der Waals surface area contributed by atoms with Crippen LogP contribution in [0.25, 0.3) is 28.0 Å². The summed E-state index contributed by atoms with van der Waals surface area (Å²) >= 11 is 0. The van der Waals surface area contributed by atoms with E-state index in [1.54, 1.807) is 24.5 Å². The molecule has 6 rings (SSSR count). The number of fused-ring (bicyclic) bond motifs is 3. The number of hydrogen-bond donors (Lipinski definition) is 1. The van der Waals surface area contributed by atoms with Gasteiger partial charge in [0.2, 0.25) is 0 Å². The van der Waals surface area contributed by atoms with Crippen molar-refractivity contribution in [3.8, 4) is 34.2 Å². The zero-order valence-corrected chi connectivity index (χ0v) is 19.1. The number of rotatable bonds is 4. The molecule has 5 heterocycles. The third-order valence-corrected chi connectivity index (χ3v) is 7.58. The monoisotopic (exact) mass is 450 g/mol. The fraction of sp³-hybridized carbons (Fsp3) is 0.333. The van der Waals surface area contributed by atoms with Crippen LogP contribution in [0.1, 0.15) is 49.8 Å². The fourth-order valence-electron chi connectivity index (χ4n) is 6.06. The molecule has 0 aliphatic carbocycles. The van der Waals surface area contributed by atoms with Gasteiger partial charge in [-0.05, 0) is 68.1 Å². The van der Waals surface area contributed by atoms with Gasteiger partial charge in [-0.25, -0.2) is 9.50 Å². The SMILES string of the molecule is CCN1C2CCC1CC(c1ccnc3c(-c4ccc(C#N)c(O)c4)c(-c4ccncc4)nn13)C2. The Balaban J connectivity index is 1.53. The summed E-state index contributed by atoms with van der Waals surface area (Å²) in [5.74, 6) is 0.387. The molecule has 2 fully saturated rings. The average molecular weight is 451 g/mol. The van der Waals surface area contributed by atoms with E-state index in [4.69, 9.17) is 10.1 Å². The second-order valence-electron chi connectivity index (χ2n) is 9.29. The van der Waals surface area contributed by atoms with Crippen LogP contribution in [0, 0.1) is 11.3 Å². The lowest BCUT2D eigenvalue weighted by atomic mass is 9.88. The number of nitriles is 1. The maximum absolute atomic E-state index is 10.4. The summed E-state index contributed by atoms with van der Waals surface area (Å²) < 4.78 is 2.01. The van der Waals surface area contributed by atoms with Crippen molar-refractivity contribution in [1.82, 2.24) is 24.5 Å². The van der Waals surface area contributed by atoms with Crippen LogP contribution in [0.2, 0.25) is 0 Å². The van der Waals surface area contributed by atoms with Gasteiger partial charge in [-0.1, -0.05) is 13.0 Å². The molecule has 4 aromatic rings. The second-order valence-corrected chi connectivity index (χ2v) is 9.29. The summed E-state index contributed by atoms with van der Waals surface area (Å²) in [6.07, 6.45) is 10.2. The molecule has 2 aliphatic heterocycles. The van der Waals surface area contributed by atoms with Gasteiger partial charge in [0, 0.05) is 47.8 Å². The standard InChI is InChI=1S/C27H26N6O/c1-2-32-21-5-6-22(32)14-20(13-21)23-9-12-30-27-25(18-3-4-19(16-28)24(34)15-18)26(31-33(23)27)17-7-10-29-11-8-17/h3-4,7-12,15,20-22,34H,2,5-6,13-14H2,1H3. The molecule has 0 radical (unpaired) electrons. The van der Waals surface area contributed by atoms with Gasteiger partial charge in [0.25, 0.3) is 0 Å². The van der Waals surface area contributed by atoms with Crippen molar-refractivity contribution >= 4 is 5.65 Å². The van der Waals surface area contributed by atoms with Crippen LogP contribution < -0.4 is 0 Å². The number of pyridine rings is 1. The van der Waals surface area contributed by atoms with Gasteiger partial charge in [0.1, 0.15) is 17.5 Å². The third-order valence-electron chi connectivity index (χ3n) is 7.58. The third kappa shape index (κ3) is 3.25. The van der Waals surface area contributed by atoms with Crippen molar-refractivity contribution in [2.45, 2.75) is 50.6 Å². The molecular formula is C27H26N6O. The van der Waals surface area contributed by atoms with E-state index in [1.165, 1.54) is 18.5 Å². The largest absolute Gasteiger partial charge is 0.507 e. The van der Waals surface area contributed by atoms with E-state index < -0.39 is 0 Å². The van der Waals surface area contributed by atoms with E-state index >= 15 is 0 Å². The number of aromatic hydroxyl groups is 1. The molecule has 0 spiro atoms. The van der Waals surface area contributed by atoms with Gasteiger partial charge in [0.15, 0.2) is 5.65 Å². The lowest BCUT2D eigenvalue weighted by Crippen LogP contribution is -2.42. The summed E-state index contributed by atoms with van der Waals surface area (Å²) in [5, 5.41) is 24.8. The topological polar surface area (TPSA) is 90.3 Å². The van der Waals surface area contributed by atoms with E-state index in [1.807, 2.05) is 35.0 Å². The number of aromatic nitrogens is 4. The summed E-state index contributed by atoms with van der Waals surface area (Å²) in [4.78, 5) is 11.6. The van der Waals surface area contributed by atoms with Gasteiger partial charge >= 0.3 is 0 Å². The molecule has 0 saturated carbocycles. The fourth-order valence-corrected chi connectivity index (χ4v) is 6.06. The molecule has 3 aromatic heterocycles. The highest BCUT2D eigenvalue weighted by Crippen LogP contribution is 2.44. The minimum absolute atomic E-state index is 0.0419. The highest BCUT2D eigenvalue weighted by atomic mass is 16.3. The molecule has 2 atom stereocenters. The van der Waals surface area contributed by atoms with Crippen molar-refractivity contribution < 1.29 is 5.11 Å². The van der Waals surface area contributed by atoms with E-state index in [2.05, 4.69) is 22.9 Å². The molecule has 7 heteroatoms. The molecule has 1 N–H and O–H groups in total. The Labute approximate surface area is 198 Å². The normalized spacial score (nSPS) is 22.2. The number of phenols is 1. The molecule has 2 aliphatic rings. The molecule has 0 amide bonds. The Morgan fingerprint density at radius 1 is 1.03 bits per heavy atom. The first-order valence-electron chi connectivity index (χ1n) is 11.9. The molecule has 2 bridgehead atoms. The molecular weight excluding hydrogens is 424 g/mol. The highest BCUT2D eigenvalue weighted by Gasteiger charge is 2.41. The zero-order chi connectivity index (χ0) is 23.2. The minimum Gasteiger partial charge on any atom is -0.507 e. The van der Waals surface area contributed by atoms with E-state index in [0.29, 0.717) is 18.0 Å². The Hall–Kier alpha value is -3.76. The summed E-state index contributed by atoms with van der Waals surface area (Å²) in [6.45, 7) is 3.39. The van der Waals surface area contributed by atoms with Gasteiger partial charge in [-0.15, -0.1) is 0 Å². The van der Waals surface area contributed by atoms with Crippen molar-refractivity contribution in [2.24, 2.45) is 0 Å². The smallest absolute Gasteiger partial charge is 0.163 e. The summed E-state index contributed by atoms with van der Waals surface area (Å²) in [5.41, 5.74) is 5.56. The Morgan fingerprint density at radius 2 is 1.79 bits per heavy atom. The van der Waals surface area contributed by atoms with Crippen molar-refractivity contribution in [3.05, 3.63) is 66.2 Å². The molecule has 170 valence electrons. The minimum atomic E-state index is -0.0419. The van der Waals surface area contributed by atoms with Crippen LogP contribution in [-0.4, -0.2) is 48.2 Å². The molecule has 2 saturated heterocycles. The van der Waals surface area contributed by atoms with Crippen molar-refractivity contribution in [1.29, 1.82) is 5.26 Å². The lowest BCUT2D eigenvalue weighted by molar-refractivity contribution is 0.132. The Bertz CT molecular complexity index is 1390. The Morgan fingerprint density at radius 3 is 2.47 bits per heavy atom. The van der Waals surface area contributed by atoms with Crippen LogP contribution >= 0.6 is 0 Å². The maximum atomic E-state index is 10.4. The first-order valence-corrected chi connectivity index (χ1v) is 11.9. The number of phenolic OH excluding ortho intramolecular Hbond substituents is 1. The van der Waals surface area contributed by atoms with E-state index in [9.17, 15) is 10.4 Å². The quantitative estimate of drug-likeness (QED) is 0.482. The predicted octanol–water partition coefficient (Wildman–Crippen LogP) is 4.77. The van der Waals surface area contributed by atoms with Gasteiger partial charge in [-0.2, -0.15) is 10.4 Å². The lowest BCUT2D eigenvalue weighted by Gasteiger charge is -2.38. The van der Waals surface area contributed by atoms with Crippen LogP contribution in [0.4, 0.5) is 0 Å². The van der Waals surface area contributed by atoms with Crippen LogP contribution in [0.3, 0.4) is 0 Å². The predicted molar refractivity (Wildman–Crippen MR) is 129 cm³/mol. The van der Waals surface area contributed by atoms with Gasteiger partial charge < -0.3 is 5.11 Å². The maximum Gasteiger partial charge on any atom is 0.163 e. The molecule has 1 aromatic carbocycles. The number of hydrogen-bond acceptors (Lipinski definition) is 6. The summed E-state index contributed by atoms with van der Waals surface area (Å²) in [7, 11) is 0. The highest BCUT2D eigenvalue weighted by molar-refractivity contribution is 5.91. The first kappa shape index (κ1) is 20.8. The van der Waals surface area contributed by atoms with Crippen LogP contribution in [0.5, 0.6) is 5.75 Å². The van der Waals surface area contributed by atoms with Crippen molar-refractivity contribution in [3.63, 3.8) is 0 Å². The van der Waals surface area contributed by atoms with Gasteiger partial charge in [-0.3, -0.25) is 9.88 Å². The number of nitrogens with zero attached hydrogens (tertiary/aromatic N) is 6. The number of piperidine rings is 1. The zero-order valence-electron chi connectivity index (χ0n) is 19.1. The first-order chi connectivity index (χ1) is 16.7. The van der Waals surface area contributed by atoms with Crippen molar-refractivity contribution in [2.75, 3.05) is 6.54 Å². The molecule has 2 unspecified atom stereocenters. The van der Waals surface area contributed by atoms with E-state index in [-0.39, 0.29) is 11.3 Å². The second kappa shape index (κ2) is 8.23. The van der Waals surface area contributed by atoms with E-state index in [0.717, 1.165) is 47.4 Å². The van der Waals surface area contributed by atoms with Crippen LogP contribution in [-0.2, 0) is 0 Å². The Kier molecular flexibility index (Phi) is 5.04. The van der Waals surface area contributed by atoms with Crippen LogP contribution in [0.15, 0.2) is 55.0 Å². The molecule has 7 nitrogen and oxygen atoms in total. The molecule has 34 heavy (non-hydrogen) atoms. The van der Waals surface area contributed by atoms with Gasteiger partial charge in [0.05, 0.1) is 11.1 Å². The average Bonchev–Trinajstić information content (AvgIpc) is 3.38.